The minimum atomic E-state index is 0.271. The molecule has 1 fully saturated rings. The fraction of sp³-hybridized carbons (Fsp3) is 0.833. The lowest BCUT2D eigenvalue weighted by atomic mass is 10.1. The monoisotopic (exact) mass is 254 g/mol. The molecule has 1 aromatic rings. The van der Waals surface area contributed by atoms with Crippen LogP contribution in [0.15, 0.2) is 4.42 Å². The van der Waals surface area contributed by atoms with Crippen LogP contribution in [0, 0.1) is 0 Å². The molecule has 102 valence electrons. The molecule has 18 heavy (non-hydrogen) atoms. The molecule has 0 spiro atoms. The van der Waals surface area contributed by atoms with Gasteiger partial charge in [0.15, 0.2) is 0 Å². The summed E-state index contributed by atoms with van der Waals surface area (Å²) in [5.74, 6) is 0.651. The number of ether oxygens (including phenoxy) is 1. The van der Waals surface area contributed by atoms with Crippen molar-refractivity contribution in [2.75, 3.05) is 31.6 Å². The Morgan fingerprint density at radius 1 is 1.50 bits per heavy atom. The van der Waals surface area contributed by atoms with Gasteiger partial charge < -0.3 is 19.4 Å². The van der Waals surface area contributed by atoms with E-state index in [-0.39, 0.29) is 6.10 Å². The SMILES string of the molecule is CCCNCc1nnc(N2CCCC(OC)C2)o1. The summed E-state index contributed by atoms with van der Waals surface area (Å²) >= 11 is 0. The Morgan fingerprint density at radius 2 is 2.39 bits per heavy atom. The first kappa shape index (κ1) is 13.3. The van der Waals surface area contributed by atoms with Gasteiger partial charge in [0.1, 0.15) is 0 Å². The molecule has 0 aromatic carbocycles. The number of aromatic nitrogens is 2. The third-order valence-electron chi connectivity index (χ3n) is 3.14. The van der Waals surface area contributed by atoms with Gasteiger partial charge >= 0.3 is 6.01 Å². The highest BCUT2D eigenvalue weighted by Gasteiger charge is 2.23. The number of hydrogen-bond acceptors (Lipinski definition) is 6. The molecular weight excluding hydrogens is 232 g/mol. The Hall–Kier alpha value is -1.14. The van der Waals surface area contributed by atoms with Crippen molar-refractivity contribution in [3.8, 4) is 0 Å². The average molecular weight is 254 g/mol. The highest BCUT2D eigenvalue weighted by Crippen LogP contribution is 2.19. The fourth-order valence-electron chi connectivity index (χ4n) is 2.12. The maximum Gasteiger partial charge on any atom is 0.318 e. The van der Waals surface area contributed by atoms with Crippen LogP contribution >= 0.6 is 0 Å². The second-order valence-electron chi connectivity index (χ2n) is 4.60. The first-order valence-corrected chi connectivity index (χ1v) is 6.64. The third-order valence-corrected chi connectivity index (χ3v) is 3.14. The number of anilines is 1. The summed E-state index contributed by atoms with van der Waals surface area (Å²) in [6.45, 7) is 5.53. The van der Waals surface area contributed by atoms with Crippen LogP contribution in [0.25, 0.3) is 0 Å². The summed E-state index contributed by atoms with van der Waals surface area (Å²) in [6, 6.07) is 0.616. The van der Waals surface area contributed by atoms with E-state index in [1.165, 1.54) is 0 Å². The summed E-state index contributed by atoms with van der Waals surface area (Å²) in [4.78, 5) is 2.11. The Labute approximate surface area is 108 Å². The number of rotatable bonds is 6. The standard InChI is InChI=1S/C12H22N4O2/c1-3-6-13-8-11-14-15-12(18-11)16-7-4-5-10(9-16)17-2/h10,13H,3-9H2,1-2H3. The highest BCUT2D eigenvalue weighted by atomic mass is 16.5. The number of nitrogens with zero attached hydrogens (tertiary/aromatic N) is 3. The lowest BCUT2D eigenvalue weighted by molar-refractivity contribution is 0.0879. The second-order valence-corrected chi connectivity index (χ2v) is 4.60. The van der Waals surface area contributed by atoms with Crippen LogP contribution in [-0.2, 0) is 11.3 Å². The van der Waals surface area contributed by atoms with E-state index in [1.807, 2.05) is 0 Å². The molecule has 1 N–H and O–H groups in total. The smallest absolute Gasteiger partial charge is 0.318 e. The third kappa shape index (κ3) is 3.43. The maximum absolute atomic E-state index is 5.65. The second kappa shape index (κ2) is 6.70. The van der Waals surface area contributed by atoms with Crippen LogP contribution < -0.4 is 10.2 Å². The predicted octanol–water partition coefficient (Wildman–Crippen LogP) is 1.18. The van der Waals surface area contributed by atoms with E-state index in [0.29, 0.717) is 18.5 Å². The molecule has 1 atom stereocenters. The minimum Gasteiger partial charge on any atom is -0.407 e. The molecule has 1 unspecified atom stereocenters. The number of piperidine rings is 1. The Morgan fingerprint density at radius 3 is 3.17 bits per heavy atom. The van der Waals surface area contributed by atoms with Crippen molar-refractivity contribution in [2.45, 2.75) is 38.8 Å². The predicted molar refractivity (Wildman–Crippen MR) is 68.5 cm³/mol. The highest BCUT2D eigenvalue weighted by molar-refractivity contribution is 5.25. The summed E-state index contributed by atoms with van der Waals surface area (Å²) in [6.07, 6.45) is 3.58. The molecule has 0 bridgehead atoms. The van der Waals surface area contributed by atoms with Crippen LogP contribution in [-0.4, -0.2) is 43.0 Å². The van der Waals surface area contributed by atoms with E-state index >= 15 is 0 Å². The molecule has 1 saturated heterocycles. The van der Waals surface area contributed by atoms with Gasteiger partial charge in [-0.15, -0.1) is 5.10 Å². The molecule has 2 rings (SSSR count). The van der Waals surface area contributed by atoms with E-state index in [2.05, 4.69) is 27.3 Å². The maximum atomic E-state index is 5.65. The van der Waals surface area contributed by atoms with Gasteiger partial charge in [-0.1, -0.05) is 12.0 Å². The van der Waals surface area contributed by atoms with Gasteiger partial charge in [0.25, 0.3) is 0 Å². The molecule has 0 aliphatic carbocycles. The van der Waals surface area contributed by atoms with Crippen molar-refractivity contribution >= 4 is 6.01 Å². The van der Waals surface area contributed by atoms with Gasteiger partial charge in [0, 0.05) is 20.2 Å². The van der Waals surface area contributed by atoms with Crippen molar-refractivity contribution in [3.63, 3.8) is 0 Å². The molecule has 0 saturated carbocycles. The molecule has 6 heteroatoms. The summed E-state index contributed by atoms with van der Waals surface area (Å²) < 4.78 is 11.0. The van der Waals surface area contributed by atoms with Gasteiger partial charge in [0.05, 0.1) is 12.6 Å². The number of hydrogen-bond donors (Lipinski definition) is 1. The van der Waals surface area contributed by atoms with E-state index < -0.39 is 0 Å². The van der Waals surface area contributed by atoms with E-state index in [1.54, 1.807) is 7.11 Å². The molecule has 6 nitrogen and oxygen atoms in total. The number of nitrogens with one attached hydrogen (secondary N) is 1. The molecule has 0 amide bonds. The van der Waals surface area contributed by atoms with Crippen molar-refractivity contribution < 1.29 is 9.15 Å². The molecule has 1 aromatic heterocycles. The average Bonchev–Trinajstić information content (AvgIpc) is 2.88. The van der Waals surface area contributed by atoms with Gasteiger partial charge in [-0.25, -0.2) is 0 Å². The van der Waals surface area contributed by atoms with E-state index in [9.17, 15) is 0 Å². The Balaban J connectivity index is 1.88. The zero-order valence-corrected chi connectivity index (χ0v) is 11.2. The van der Waals surface area contributed by atoms with Crippen molar-refractivity contribution in [2.24, 2.45) is 0 Å². The van der Waals surface area contributed by atoms with Crippen LogP contribution in [0.4, 0.5) is 6.01 Å². The molecule has 1 aliphatic rings. The molecular formula is C12H22N4O2. The van der Waals surface area contributed by atoms with Crippen molar-refractivity contribution in [1.29, 1.82) is 0 Å². The van der Waals surface area contributed by atoms with Crippen LogP contribution in [0.2, 0.25) is 0 Å². The zero-order valence-electron chi connectivity index (χ0n) is 11.2. The van der Waals surface area contributed by atoms with Crippen LogP contribution in [0.5, 0.6) is 0 Å². The van der Waals surface area contributed by atoms with Gasteiger partial charge in [-0.3, -0.25) is 0 Å². The molecule has 1 aliphatic heterocycles. The summed E-state index contributed by atoms with van der Waals surface area (Å²) in [5, 5.41) is 11.4. The minimum absolute atomic E-state index is 0.271. The van der Waals surface area contributed by atoms with Crippen molar-refractivity contribution in [1.82, 2.24) is 15.5 Å². The van der Waals surface area contributed by atoms with Crippen LogP contribution in [0.1, 0.15) is 32.1 Å². The molecule has 2 heterocycles. The lowest BCUT2D eigenvalue weighted by Crippen LogP contribution is -2.39. The Bertz CT molecular complexity index is 356. The first-order chi connectivity index (χ1) is 8.83. The summed E-state index contributed by atoms with van der Waals surface area (Å²) in [7, 11) is 1.75. The quantitative estimate of drug-likeness (QED) is 0.769. The van der Waals surface area contributed by atoms with Crippen molar-refractivity contribution in [3.05, 3.63) is 5.89 Å². The normalized spacial score (nSPS) is 20.3. The zero-order chi connectivity index (χ0) is 12.8. The summed E-state index contributed by atoms with van der Waals surface area (Å²) in [5.41, 5.74) is 0. The van der Waals surface area contributed by atoms with Gasteiger partial charge in [-0.2, -0.15) is 0 Å². The number of methoxy groups -OCH3 is 1. The topological polar surface area (TPSA) is 63.4 Å². The lowest BCUT2D eigenvalue weighted by Gasteiger charge is -2.30. The Kier molecular flexibility index (Phi) is 4.95. The van der Waals surface area contributed by atoms with Gasteiger partial charge in [-0.05, 0) is 25.8 Å². The first-order valence-electron chi connectivity index (χ1n) is 6.64. The van der Waals surface area contributed by atoms with E-state index in [0.717, 1.165) is 38.9 Å². The largest absolute Gasteiger partial charge is 0.407 e. The van der Waals surface area contributed by atoms with E-state index in [4.69, 9.17) is 9.15 Å². The van der Waals surface area contributed by atoms with Gasteiger partial charge in [0.2, 0.25) is 5.89 Å². The van der Waals surface area contributed by atoms with Crippen LogP contribution in [0.3, 0.4) is 0 Å². The fourth-order valence-corrected chi connectivity index (χ4v) is 2.12. The molecule has 0 radical (unpaired) electrons.